The summed E-state index contributed by atoms with van der Waals surface area (Å²) in [6, 6.07) is 11.9. The van der Waals surface area contributed by atoms with E-state index in [-0.39, 0.29) is 13.2 Å². The number of benzene rings is 2. The number of esters is 2. The third-order valence-electron chi connectivity index (χ3n) is 4.07. The van der Waals surface area contributed by atoms with Gasteiger partial charge in [0, 0.05) is 12.5 Å². The first kappa shape index (κ1) is 14.6. The molecule has 0 N–H and O–H groups in total. The van der Waals surface area contributed by atoms with Gasteiger partial charge in [0.15, 0.2) is 11.5 Å². The van der Waals surface area contributed by atoms with Crippen LogP contribution in [0.1, 0.15) is 22.8 Å². The Kier molecular flexibility index (Phi) is 3.19. The van der Waals surface area contributed by atoms with E-state index >= 15 is 0 Å². The maximum absolute atomic E-state index is 12.6. The molecular weight excluding hydrogens is 312 g/mol. The molecular formula is C18H14O6. The minimum atomic E-state index is -1.37. The smallest absolute Gasteiger partial charge is 0.356 e. The highest BCUT2D eigenvalue weighted by atomic mass is 16.7. The molecule has 2 aliphatic rings. The highest BCUT2D eigenvalue weighted by Gasteiger charge is 2.44. The molecule has 0 radical (unpaired) electrons. The molecule has 0 aromatic heterocycles. The first-order valence-corrected chi connectivity index (χ1v) is 7.48. The van der Waals surface area contributed by atoms with Crippen LogP contribution in [0.15, 0.2) is 42.5 Å². The summed E-state index contributed by atoms with van der Waals surface area (Å²) in [6.07, 6.45) is 0.262. The van der Waals surface area contributed by atoms with E-state index in [1.807, 2.05) is 12.1 Å². The number of fused-ring (bicyclic) bond motifs is 2. The van der Waals surface area contributed by atoms with E-state index in [4.69, 9.17) is 18.9 Å². The van der Waals surface area contributed by atoms with E-state index in [0.717, 1.165) is 5.56 Å². The molecule has 2 aliphatic heterocycles. The zero-order valence-electron chi connectivity index (χ0n) is 12.9. The van der Waals surface area contributed by atoms with Crippen LogP contribution >= 0.6 is 0 Å². The Hall–Kier alpha value is -3.02. The summed E-state index contributed by atoms with van der Waals surface area (Å²) in [5, 5.41) is 0. The van der Waals surface area contributed by atoms with Crippen molar-refractivity contribution in [2.45, 2.75) is 18.9 Å². The van der Waals surface area contributed by atoms with Gasteiger partial charge in [-0.1, -0.05) is 18.2 Å². The lowest BCUT2D eigenvalue weighted by Crippen LogP contribution is -2.48. The molecule has 0 fully saturated rings. The van der Waals surface area contributed by atoms with Crippen LogP contribution in [-0.2, 0) is 16.0 Å². The van der Waals surface area contributed by atoms with Crippen LogP contribution in [0.4, 0.5) is 0 Å². The molecule has 0 unspecified atom stereocenters. The van der Waals surface area contributed by atoms with Crippen molar-refractivity contribution in [3.63, 3.8) is 0 Å². The van der Waals surface area contributed by atoms with Crippen molar-refractivity contribution in [1.82, 2.24) is 0 Å². The molecule has 24 heavy (non-hydrogen) atoms. The van der Waals surface area contributed by atoms with E-state index < -0.39 is 17.5 Å². The summed E-state index contributed by atoms with van der Waals surface area (Å²) in [6.45, 7) is 1.69. The Bertz CT molecular complexity index is 843. The summed E-state index contributed by atoms with van der Waals surface area (Å²) < 4.78 is 21.2. The quantitative estimate of drug-likeness (QED) is 0.624. The number of cyclic esters (lactones) is 1. The lowest BCUT2D eigenvalue weighted by atomic mass is 9.90. The Morgan fingerprint density at radius 3 is 2.79 bits per heavy atom. The molecule has 0 saturated heterocycles. The fraction of sp³-hybridized carbons (Fsp3) is 0.222. The van der Waals surface area contributed by atoms with Crippen molar-refractivity contribution in [2.75, 3.05) is 6.79 Å². The van der Waals surface area contributed by atoms with Crippen LogP contribution in [-0.4, -0.2) is 24.3 Å². The monoisotopic (exact) mass is 326 g/mol. The second kappa shape index (κ2) is 5.26. The zero-order valence-corrected chi connectivity index (χ0v) is 12.9. The third kappa shape index (κ3) is 2.36. The van der Waals surface area contributed by atoms with Gasteiger partial charge < -0.3 is 18.9 Å². The van der Waals surface area contributed by atoms with Gasteiger partial charge in [-0.3, -0.25) is 0 Å². The SMILES string of the molecule is C[C@@]1(C(=O)Oc2ccc3c(c2)OCO3)Cc2ccccc2C(=O)O1. The van der Waals surface area contributed by atoms with Crippen molar-refractivity contribution in [2.24, 2.45) is 0 Å². The van der Waals surface area contributed by atoms with Crippen LogP contribution in [0.5, 0.6) is 17.2 Å². The van der Waals surface area contributed by atoms with Crippen LogP contribution in [0, 0.1) is 0 Å². The van der Waals surface area contributed by atoms with Gasteiger partial charge in [0.25, 0.3) is 0 Å². The highest BCUT2D eigenvalue weighted by Crippen LogP contribution is 2.36. The molecule has 6 nitrogen and oxygen atoms in total. The summed E-state index contributed by atoms with van der Waals surface area (Å²) in [5.41, 5.74) is -0.133. The van der Waals surface area contributed by atoms with Gasteiger partial charge in [-0.05, 0) is 30.7 Å². The molecule has 0 saturated carbocycles. The van der Waals surface area contributed by atoms with Crippen molar-refractivity contribution in [3.05, 3.63) is 53.6 Å². The van der Waals surface area contributed by atoms with E-state index in [0.29, 0.717) is 22.8 Å². The van der Waals surface area contributed by atoms with Crippen molar-refractivity contribution < 1.29 is 28.5 Å². The molecule has 0 aliphatic carbocycles. The number of ether oxygens (including phenoxy) is 4. The van der Waals surface area contributed by atoms with Gasteiger partial charge >= 0.3 is 11.9 Å². The minimum absolute atomic E-state index is 0.138. The maximum Gasteiger partial charge on any atom is 0.356 e. The summed E-state index contributed by atoms with van der Waals surface area (Å²) in [4.78, 5) is 24.7. The second-order valence-electron chi connectivity index (χ2n) is 5.86. The molecule has 0 amide bonds. The fourth-order valence-corrected chi connectivity index (χ4v) is 2.80. The number of carbonyl (C=O) groups is 2. The van der Waals surface area contributed by atoms with Crippen LogP contribution in [0.25, 0.3) is 0 Å². The van der Waals surface area contributed by atoms with Crippen molar-refractivity contribution in [3.8, 4) is 17.2 Å². The summed E-state index contributed by atoms with van der Waals surface area (Å²) in [5.74, 6) is 0.252. The van der Waals surface area contributed by atoms with Crippen LogP contribution in [0.3, 0.4) is 0 Å². The molecule has 2 aromatic carbocycles. The van der Waals surface area contributed by atoms with E-state index in [1.165, 1.54) is 0 Å². The number of hydrogen-bond donors (Lipinski definition) is 0. The number of hydrogen-bond acceptors (Lipinski definition) is 6. The Morgan fingerprint density at radius 2 is 1.92 bits per heavy atom. The largest absolute Gasteiger partial charge is 0.454 e. The molecule has 4 rings (SSSR count). The highest BCUT2D eigenvalue weighted by molar-refractivity contribution is 5.96. The van der Waals surface area contributed by atoms with Gasteiger partial charge in [-0.15, -0.1) is 0 Å². The molecule has 0 spiro atoms. The van der Waals surface area contributed by atoms with Crippen LogP contribution < -0.4 is 14.2 Å². The topological polar surface area (TPSA) is 71.1 Å². The van der Waals surface area contributed by atoms with Gasteiger partial charge in [0.1, 0.15) is 5.75 Å². The second-order valence-corrected chi connectivity index (χ2v) is 5.86. The van der Waals surface area contributed by atoms with E-state index in [9.17, 15) is 9.59 Å². The third-order valence-corrected chi connectivity index (χ3v) is 4.07. The van der Waals surface area contributed by atoms with E-state index in [1.54, 1.807) is 37.3 Å². The maximum atomic E-state index is 12.6. The van der Waals surface area contributed by atoms with Crippen molar-refractivity contribution in [1.29, 1.82) is 0 Å². The molecule has 6 heteroatoms. The first-order chi connectivity index (χ1) is 11.5. The Balaban J connectivity index is 1.57. The van der Waals surface area contributed by atoms with Crippen molar-refractivity contribution >= 4 is 11.9 Å². The lowest BCUT2D eigenvalue weighted by molar-refractivity contribution is -0.155. The van der Waals surface area contributed by atoms with Gasteiger partial charge in [-0.2, -0.15) is 0 Å². The average Bonchev–Trinajstić information content (AvgIpc) is 3.02. The summed E-state index contributed by atoms with van der Waals surface area (Å²) >= 11 is 0. The molecule has 122 valence electrons. The molecule has 2 heterocycles. The van der Waals surface area contributed by atoms with Crippen LogP contribution in [0.2, 0.25) is 0 Å². The Labute approximate surface area is 137 Å². The number of rotatable bonds is 2. The van der Waals surface area contributed by atoms with Gasteiger partial charge in [0.05, 0.1) is 5.56 Å². The predicted molar refractivity (Wildman–Crippen MR) is 82.2 cm³/mol. The summed E-state index contributed by atoms with van der Waals surface area (Å²) in [7, 11) is 0. The predicted octanol–water partition coefficient (Wildman–Crippen LogP) is 2.49. The standard InChI is InChI=1S/C18H14O6/c1-18(9-11-4-2-3-5-13(11)16(19)24-18)17(20)23-12-6-7-14-15(8-12)22-10-21-14/h2-8H,9-10H2,1H3/t18-/m0/s1. The lowest BCUT2D eigenvalue weighted by Gasteiger charge is -2.32. The molecule has 0 bridgehead atoms. The fourth-order valence-electron chi connectivity index (χ4n) is 2.80. The average molecular weight is 326 g/mol. The normalized spacial score (nSPS) is 21.0. The van der Waals surface area contributed by atoms with E-state index in [2.05, 4.69) is 0 Å². The number of carbonyl (C=O) groups excluding carboxylic acids is 2. The Morgan fingerprint density at radius 1 is 1.12 bits per heavy atom. The molecule has 1 atom stereocenters. The first-order valence-electron chi connectivity index (χ1n) is 7.48. The zero-order chi connectivity index (χ0) is 16.7. The molecule has 2 aromatic rings. The van der Waals surface area contributed by atoms with Gasteiger partial charge in [-0.25, -0.2) is 9.59 Å². The minimum Gasteiger partial charge on any atom is -0.454 e. The van der Waals surface area contributed by atoms with Gasteiger partial charge in [0.2, 0.25) is 12.4 Å².